The number of rotatable bonds is 9. The Hall–Kier alpha value is -2.57. The van der Waals surface area contributed by atoms with Crippen LogP contribution in [0, 0.1) is 0 Å². The molecule has 0 heterocycles. The maximum Gasteiger partial charge on any atom is 0.243 e. The summed E-state index contributed by atoms with van der Waals surface area (Å²) in [5.41, 5.74) is 0.614. The van der Waals surface area contributed by atoms with E-state index < -0.39 is 0 Å². The molecule has 0 spiro atoms. The van der Waals surface area contributed by atoms with Crippen LogP contribution in [0.4, 0.5) is 5.69 Å². The van der Waals surface area contributed by atoms with Crippen molar-refractivity contribution in [1.29, 1.82) is 0 Å². The lowest BCUT2D eigenvalue weighted by molar-refractivity contribution is -0.134. The van der Waals surface area contributed by atoms with Crippen molar-refractivity contribution in [2.75, 3.05) is 32.1 Å². The van der Waals surface area contributed by atoms with Crippen molar-refractivity contribution >= 4 is 23.4 Å². The highest BCUT2D eigenvalue weighted by Crippen LogP contribution is 2.14. The lowest BCUT2D eigenvalue weighted by Crippen LogP contribution is -2.42. The first-order valence-corrected chi connectivity index (χ1v) is 7.92. The van der Waals surface area contributed by atoms with Crippen LogP contribution < -0.4 is 15.4 Å². The van der Waals surface area contributed by atoms with Crippen LogP contribution in [0.1, 0.15) is 26.7 Å². The van der Waals surface area contributed by atoms with Crippen LogP contribution in [0.15, 0.2) is 24.3 Å². The molecule has 1 aromatic rings. The fraction of sp³-hybridized carbons (Fsp3) is 0.471. The Morgan fingerprint density at radius 2 is 1.79 bits per heavy atom. The molecule has 0 aromatic heterocycles. The fourth-order valence-electron chi connectivity index (χ4n) is 1.98. The summed E-state index contributed by atoms with van der Waals surface area (Å²) in [5, 5.41) is 5.19. The van der Waals surface area contributed by atoms with Crippen molar-refractivity contribution in [3.05, 3.63) is 24.3 Å². The summed E-state index contributed by atoms with van der Waals surface area (Å²) in [6.07, 6.45) is 1.78. The zero-order chi connectivity index (χ0) is 17.9. The van der Waals surface area contributed by atoms with Gasteiger partial charge in [-0.05, 0) is 30.7 Å². The Morgan fingerprint density at radius 1 is 1.12 bits per heavy atom. The lowest BCUT2D eigenvalue weighted by atomic mass is 10.3. The molecule has 0 radical (unpaired) electrons. The first kappa shape index (κ1) is 19.5. The van der Waals surface area contributed by atoms with Gasteiger partial charge in [-0.2, -0.15) is 0 Å². The number of nitrogens with one attached hydrogen (secondary N) is 2. The molecule has 1 rings (SSSR count). The van der Waals surface area contributed by atoms with E-state index in [-0.39, 0.29) is 30.8 Å². The summed E-state index contributed by atoms with van der Waals surface area (Å²) < 4.78 is 5.04. The smallest absolute Gasteiger partial charge is 0.243 e. The fourth-order valence-corrected chi connectivity index (χ4v) is 1.98. The van der Waals surface area contributed by atoms with E-state index in [1.165, 1.54) is 11.8 Å². The van der Waals surface area contributed by atoms with Crippen LogP contribution in [0.3, 0.4) is 0 Å². The summed E-state index contributed by atoms with van der Waals surface area (Å²) in [6, 6.07) is 6.88. The minimum Gasteiger partial charge on any atom is -0.497 e. The van der Waals surface area contributed by atoms with Crippen LogP contribution in [-0.2, 0) is 14.4 Å². The first-order valence-electron chi connectivity index (χ1n) is 7.92. The molecule has 0 bridgehead atoms. The van der Waals surface area contributed by atoms with Gasteiger partial charge in [0.2, 0.25) is 17.7 Å². The Bertz CT molecular complexity index is 557. The second-order valence-electron chi connectivity index (χ2n) is 5.35. The number of ether oxygens (including phenoxy) is 1. The van der Waals surface area contributed by atoms with Gasteiger partial charge in [-0.15, -0.1) is 0 Å². The molecule has 24 heavy (non-hydrogen) atoms. The number of benzene rings is 1. The Morgan fingerprint density at radius 3 is 2.33 bits per heavy atom. The number of carbonyl (C=O) groups excluding carboxylic acids is 3. The number of amides is 3. The minimum atomic E-state index is -0.355. The molecule has 3 amide bonds. The number of hydrogen-bond acceptors (Lipinski definition) is 4. The predicted octanol–water partition coefficient (Wildman–Crippen LogP) is 1.40. The van der Waals surface area contributed by atoms with E-state index >= 15 is 0 Å². The van der Waals surface area contributed by atoms with Crippen LogP contribution in [0.2, 0.25) is 0 Å². The molecule has 7 nitrogen and oxygen atoms in total. The summed E-state index contributed by atoms with van der Waals surface area (Å²) in [5.74, 6) is -0.151. The van der Waals surface area contributed by atoms with Crippen LogP contribution in [-0.4, -0.2) is 49.4 Å². The lowest BCUT2D eigenvalue weighted by Gasteiger charge is -2.20. The predicted molar refractivity (Wildman–Crippen MR) is 91.8 cm³/mol. The number of carbonyl (C=O) groups is 3. The van der Waals surface area contributed by atoms with Gasteiger partial charge in [0.05, 0.1) is 20.2 Å². The Balaban J connectivity index is 2.39. The normalized spacial score (nSPS) is 9.96. The zero-order valence-electron chi connectivity index (χ0n) is 14.4. The summed E-state index contributed by atoms with van der Waals surface area (Å²) >= 11 is 0. The molecule has 0 saturated heterocycles. The first-order chi connectivity index (χ1) is 11.5. The van der Waals surface area contributed by atoms with E-state index in [0.717, 1.165) is 12.8 Å². The standard InChI is InChI=1S/C17H25N3O4/c1-4-5-10-20(13(2)21)12-17(23)18-11-16(22)19-14-6-8-15(24-3)9-7-14/h6-9H,4-5,10-12H2,1-3H3,(H,18,23)(H,19,22). The zero-order valence-corrected chi connectivity index (χ0v) is 14.4. The van der Waals surface area contributed by atoms with Gasteiger partial charge >= 0.3 is 0 Å². The molecule has 0 aliphatic carbocycles. The van der Waals surface area contributed by atoms with E-state index in [0.29, 0.717) is 18.0 Å². The van der Waals surface area contributed by atoms with Crippen molar-refractivity contribution in [3.8, 4) is 5.75 Å². The molecule has 0 aliphatic rings. The monoisotopic (exact) mass is 335 g/mol. The molecule has 1 aromatic carbocycles. The van der Waals surface area contributed by atoms with E-state index in [4.69, 9.17) is 4.74 Å². The number of nitrogens with zero attached hydrogens (tertiary/aromatic N) is 1. The molecule has 2 N–H and O–H groups in total. The third-order valence-corrected chi connectivity index (χ3v) is 3.38. The molecule has 0 atom stereocenters. The maximum absolute atomic E-state index is 11.9. The summed E-state index contributed by atoms with van der Waals surface area (Å²) in [4.78, 5) is 36.6. The maximum atomic E-state index is 11.9. The highest BCUT2D eigenvalue weighted by atomic mass is 16.5. The van der Waals surface area contributed by atoms with Gasteiger partial charge in [0.1, 0.15) is 5.75 Å². The number of hydrogen-bond donors (Lipinski definition) is 2. The van der Waals surface area contributed by atoms with Gasteiger partial charge in [0.25, 0.3) is 0 Å². The van der Waals surface area contributed by atoms with Gasteiger partial charge in [-0.1, -0.05) is 13.3 Å². The largest absolute Gasteiger partial charge is 0.497 e. The topological polar surface area (TPSA) is 87.7 Å². The van der Waals surface area contributed by atoms with Crippen molar-refractivity contribution in [2.24, 2.45) is 0 Å². The molecule has 0 saturated carbocycles. The molecule has 0 fully saturated rings. The summed E-state index contributed by atoms with van der Waals surface area (Å²) in [7, 11) is 1.56. The second-order valence-corrected chi connectivity index (χ2v) is 5.35. The van der Waals surface area contributed by atoms with E-state index in [2.05, 4.69) is 10.6 Å². The van der Waals surface area contributed by atoms with Crippen LogP contribution in [0.5, 0.6) is 5.75 Å². The average molecular weight is 335 g/mol. The highest BCUT2D eigenvalue weighted by Gasteiger charge is 2.13. The molecule has 7 heteroatoms. The SMILES string of the molecule is CCCCN(CC(=O)NCC(=O)Nc1ccc(OC)cc1)C(C)=O. The average Bonchev–Trinajstić information content (AvgIpc) is 2.57. The second kappa shape index (κ2) is 10.3. The van der Waals surface area contributed by atoms with Crippen molar-refractivity contribution in [3.63, 3.8) is 0 Å². The van der Waals surface area contributed by atoms with Gasteiger partial charge < -0.3 is 20.3 Å². The third-order valence-electron chi connectivity index (χ3n) is 3.38. The van der Waals surface area contributed by atoms with E-state index in [1.54, 1.807) is 31.4 Å². The Labute approximate surface area is 142 Å². The van der Waals surface area contributed by atoms with Crippen LogP contribution >= 0.6 is 0 Å². The van der Waals surface area contributed by atoms with Gasteiger partial charge in [0, 0.05) is 19.2 Å². The number of unbranched alkanes of at least 4 members (excludes halogenated alkanes) is 1. The van der Waals surface area contributed by atoms with E-state index in [9.17, 15) is 14.4 Å². The summed E-state index contributed by atoms with van der Waals surface area (Å²) in [6.45, 7) is 3.80. The third kappa shape index (κ3) is 7.13. The van der Waals surface area contributed by atoms with Gasteiger partial charge in [-0.25, -0.2) is 0 Å². The van der Waals surface area contributed by atoms with Crippen molar-refractivity contribution in [2.45, 2.75) is 26.7 Å². The van der Waals surface area contributed by atoms with E-state index in [1.807, 2.05) is 6.92 Å². The van der Waals surface area contributed by atoms with Crippen molar-refractivity contribution < 1.29 is 19.1 Å². The number of methoxy groups -OCH3 is 1. The minimum absolute atomic E-state index is 0.0366. The number of anilines is 1. The van der Waals surface area contributed by atoms with Gasteiger partial charge in [0.15, 0.2) is 0 Å². The molecule has 0 unspecified atom stereocenters. The highest BCUT2D eigenvalue weighted by molar-refractivity contribution is 5.95. The molecular formula is C17H25N3O4. The molecule has 132 valence electrons. The van der Waals surface area contributed by atoms with Gasteiger partial charge in [-0.3, -0.25) is 14.4 Å². The van der Waals surface area contributed by atoms with Crippen LogP contribution in [0.25, 0.3) is 0 Å². The quantitative estimate of drug-likeness (QED) is 0.714. The Kier molecular flexibility index (Phi) is 8.32. The molecular weight excluding hydrogens is 310 g/mol. The van der Waals surface area contributed by atoms with Crippen molar-refractivity contribution in [1.82, 2.24) is 10.2 Å². The molecule has 0 aliphatic heterocycles.